The number of hydrogen-bond donors (Lipinski definition) is 2. The smallest absolute Gasteiger partial charge is 0.294 e. The zero-order valence-corrected chi connectivity index (χ0v) is 9.18. The molecule has 2 N–H and O–H groups in total. The molecular weight excluding hydrogens is 246 g/mol. The van der Waals surface area contributed by atoms with Crippen LogP contribution in [0.1, 0.15) is 0 Å². The fraction of sp³-hybridized carbons (Fsp3) is 0. The molecule has 0 aromatic heterocycles. The molecule has 0 spiro atoms. The third-order valence-electron chi connectivity index (χ3n) is 2.33. The first kappa shape index (κ1) is 11.5. The highest BCUT2D eigenvalue weighted by molar-refractivity contribution is 7.85. The van der Waals surface area contributed by atoms with Crippen molar-refractivity contribution in [2.24, 2.45) is 5.18 Å². The van der Waals surface area contributed by atoms with Gasteiger partial charge in [0.15, 0.2) is 5.69 Å². The Morgan fingerprint density at radius 1 is 1.12 bits per heavy atom. The van der Waals surface area contributed by atoms with Gasteiger partial charge < -0.3 is 5.11 Å². The van der Waals surface area contributed by atoms with Gasteiger partial charge in [0.2, 0.25) is 0 Å². The molecule has 0 fully saturated rings. The lowest BCUT2D eigenvalue weighted by atomic mass is 10.1. The van der Waals surface area contributed by atoms with Crippen molar-refractivity contribution in [1.29, 1.82) is 0 Å². The number of fused-ring (bicyclic) bond motifs is 1. The van der Waals surface area contributed by atoms with Gasteiger partial charge in [-0.05, 0) is 28.8 Å². The Labute approximate surface area is 96.2 Å². The summed E-state index contributed by atoms with van der Waals surface area (Å²) in [5, 5.41) is 12.7. The zero-order chi connectivity index (χ0) is 12.6. The zero-order valence-electron chi connectivity index (χ0n) is 8.36. The largest absolute Gasteiger partial charge is 0.506 e. The molecule has 0 saturated heterocycles. The highest BCUT2D eigenvalue weighted by atomic mass is 32.2. The fourth-order valence-electron chi connectivity index (χ4n) is 1.53. The molecule has 0 aliphatic rings. The molecule has 0 aliphatic heterocycles. The SMILES string of the molecule is O=Nc1c(O)ccc2ccc(S(=O)(=O)O)cc12. The Morgan fingerprint density at radius 2 is 1.76 bits per heavy atom. The molecule has 2 aromatic carbocycles. The highest BCUT2D eigenvalue weighted by Gasteiger charge is 2.13. The fourth-order valence-corrected chi connectivity index (χ4v) is 2.03. The van der Waals surface area contributed by atoms with Gasteiger partial charge in [0.1, 0.15) is 5.75 Å². The van der Waals surface area contributed by atoms with Crippen molar-refractivity contribution < 1.29 is 18.1 Å². The van der Waals surface area contributed by atoms with Gasteiger partial charge in [-0.3, -0.25) is 4.55 Å². The number of nitroso groups, excluding NO2 is 1. The number of benzene rings is 2. The summed E-state index contributed by atoms with van der Waals surface area (Å²) < 4.78 is 30.8. The van der Waals surface area contributed by atoms with E-state index in [0.717, 1.165) is 6.07 Å². The molecule has 0 heterocycles. The number of nitrogens with zero attached hydrogens (tertiary/aromatic N) is 1. The van der Waals surface area contributed by atoms with Crippen molar-refractivity contribution in [1.82, 2.24) is 0 Å². The lowest BCUT2D eigenvalue weighted by molar-refractivity contribution is 0.477. The van der Waals surface area contributed by atoms with Crippen LogP contribution in [0.25, 0.3) is 10.8 Å². The van der Waals surface area contributed by atoms with Gasteiger partial charge in [-0.1, -0.05) is 12.1 Å². The first-order valence-electron chi connectivity index (χ1n) is 4.50. The van der Waals surface area contributed by atoms with E-state index in [1.54, 1.807) is 0 Å². The van der Waals surface area contributed by atoms with E-state index in [4.69, 9.17) is 4.55 Å². The van der Waals surface area contributed by atoms with Crippen molar-refractivity contribution in [3.8, 4) is 5.75 Å². The van der Waals surface area contributed by atoms with E-state index in [-0.39, 0.29) is 21.7 Å². The normalized spacial score (nSPS) is 11.6. The van der Waals surface area contributed by atoms with E-state index in [1.165, 1.54) is 24.3 Å². The van der Waals surface area contributed by atoms with Crippen LogP contribution in [0, 0.1) is 4.91 Å². The van der Waals surface area contributed by atoms with Crippen LogP contribution in [0.4, 0.5) is 5.69 Å². The van der Waals surface area contributed by atoms with Crippen LogP contribution in [0.2, 0.25) is 0 Å². The van der Waals surface area contributed by atoms with Gasteiger partial charge >= 0.3 is 0 Å². The van der Waals surface area contributed by atoms with Crippen LogP contribution in [0.3, 0.4) is 0 Å². The average Bonchev–Trinajstić information content (AvgIpc) is 2.27. The Bertz CT molecular complexity index is 708. The topological polar surface area (TPSA) is 104 Å². The van der Waals surface area contributed by atoms with Gasteiger partial charge in [0.25, 0.3) is 10.1 Å². The second-order valence-corrected chi connectivity index (χ2v) is 4.80. The summed E-state index contributed by atoms with van der Waals surface area (Å²) in [5.41, 5.74) is -0.256. The van der Waals surface area contributed by atoms with E-state index < -0.39 is 10.1 Å². The number of phenolic OH excluding ortho intramolecular Hbond substituents is 1. The Morgan fingerprint density at radius 3 is 2.35 bits per heavy atom. The van der Waals surface area contributed by atoms with E-state index in [9.17, 15) is 18.4 Å². The monoisotopic (exact) mass is 253 g/mol. The van der Waals surface area contributed by atoms with Crippen LogP contribution < -0.4 is 0 Å². The predicted molar refractivity (Wildman–Crippen MR) is 60.9 cm³/mol. The third-order valence-corrected chi connectivity index (χ3v) is 3.18. The minimum atomic E-state index is -4.36. The van der Waals surface area contributed by atoms with Crippen molar-refractivity contribution >= 4 is 26.6 Å². The van der Waals surface area contributed by atoms with Crippen LogP contribution in [0.5, 0.6) is 5.75 Å². The van der Waals surface area contributed by atoms with E-state index >= 15 is 0 Å². The van der Waals surface area contributed by atoms with Gasteiger partial charge in [-0.25, -0.2) is 0 Å². The number of phenols is 1. The summed E-state index contributed by atoms with van der Waals surface area (Å²) in [6.45, 7) is 0. The lowest BCUT2D eigenvalue weighted by Crippen LogP contribution is -1.97. The molecule has 0 aliphatic carbocycles. The van der Waals surface area contributed by atoms with Gasteiger partial charge in [-0.2, -0.15) is 8.42 Å². The third kappa shape index (κ3) is 1.97. The molecule has 0 unspecified atom stereocenters. The van der Waals surface area contributed by atoms with Crippen molar-refractivity contribution in [3.63, 3.8) is 0 Å². The molecule has 88 valence electrons. The first-order valence-corrected chi connectivity index (χ1v) is 5.94. The summed E-state index contributed by atoms with van der Waals surface area (Å²) in [6.07, 6.45) is 0. The second-order valence-electron chi connectivity index (χ2n) is 3.38. The van der Waals surface area contributed by atoms with Crippen molar-refractivity contribution in [3.05, 3.63) is 35.2 Å². The minimum Gasteiger partial charge on any atom is -0.506 e. The summed E-state index contributed by atoms with van der Waals surface area (Å²) in [7, 11) is -4.36. The Hall–Kier alpha value is -1.99. The maximum absolute atomic E-state index is 10.9. The van der Waals surface area contributed by atoms with Crippen LogP contribution in [0.15, 0.2) is 40.4 Å². The molecule has 0 radical (unpaired) electrons. The molecule has 0 atom stereocenters. The van der Waals surface area contributed by atoms with Crippen LogP contribution in [-0.4, -0.2) is 18.1 Å². The number of aromatic hydroxyl groups is 1. The van der Waals surface area contributed by atoms with Crippen LogP contribution >= 0.6 is 0 Å². The molecule has 2 aromatic rings. The van der Waals surface area contributed by atoms with Crippen molar-refractivity contribution in [2.75, 3.05) is 0 Å². The first-order chi connectivity index (χ1) is 7.93. The summed E-state index contributed by atoms with van der Waals surface area (Å²) in [5.74, 6) is -0.347. The average molecular weight is 253 g/mol. The van der Waals surface area contributed by atoms with Gasteiger partial charge in [0, 0.05) is 5.39 Å². The second kappa shape index (κ2) is 3.79. The molecule has 0 bridgehead atoms. The molecule has 0 saturated carbocycles. The number of rotatable bonds is 2. The maximum atomic E-state index is 10.9. The van der Waals surface area contributed by atoms with Gasteiger partial charge in [0.05, 0.1) is 4.90 Å². The highest BCUT2D eigenvalue weighted by Crippen LogP contribution is 2.35. The summed E-state index contributed by atoms with van der Waals surface area (Å²) in [6, 6.07) is 6.48. The quantitative estimate of drug-likeness (QED) is 0.630. The molecule has 6 nitrogen and oxygen atoms in total. The van der Waals surface area contributed by atoms with E-state index in [0.29, 0.717) is 5.39 Å². The van der Waals surface area contributed by atoms with Gasteiger partial charge in [-0.15, -0.1) is 4.91 Å². The van der Waals surface area contributed by atoms with Crippen LogP contribution in [-0.2, 0) is 10.1 Å². The minimum absolute atomic E-state index is 0.162. The maximum Gasteiger partial charge on any atom is 0.294 e. The summed E-state index contributed by atoms with van der Waals surface area (Å²) in [4.78, 5) is 10.2. The standard InChI is InChI=1S/C10H7NO5S/c12-9-4-2-6-1-3-7(17(14,15)16)5-8(6)10(9)11-13/h1-5,12H,(H,14,15,16). The molecular formula is C10H7NO5S. The number of hydrogen-bond acceptors (Lipinski definition) is 5. The molecule has 7 heteroatoms. The summed E-state index contributed by atoms with van der Waals surface area (Å²) >= 11 is 0. The lowest BCUT2D eigenvalue weighted by Gasteiger charge is -2.04. The molecule has 2 rings (SSSR count). The Kier molecular flexibility index (Phi) is 2.56. The van der Waals surface area contributed by atoms with Crippen molar-refractivity contribution in [2.45, 2.75) is 4.90 Å². The predicted octanol–water partition coefficient (Wildman–Crippen LogP) is 2.19. The molecule has 0 amide bonds. The Balaban J connectivity index is 2.88. The van der Waals surface area contributed by atoms with E-state index in [2.05, 4.69) is 5.18 Å². The van der Waals surface area contributed by atoms with E-state index in [1.807, 2.05) is 0 Å². The molecule has 17 heavy (non-hydrogen) atoms.